The molecule has 3 N–H and O–H groups in total. The molecule has 0 aliphatic carbocycles. The van der Waals surface area contributed by atoms with Crippen LogP contribution in [0.25, 0.3) is 23.1 Å². The van der Waals surface area contributed by atoms with Crippen molar-refractivity contribution >= 4 is 44.7 Å². The maximum atomic E-state index is 13.6. The first kappa shape index (κ1) is 26.9. The molecule has 0 amide bonds. The van der Waals surface area contributed by atoms with E-state index in [4.69, 9.17) is 0 Å². The van der Waals surface area contributed by atoms with Gasteiger partial charge in [0.05, 0.1) is 16.6 Å². The number of nitrogens with zero attached hydrogens (tertiary/aromatic N) is 5. The summed E-state index contributed by atoms with van der Waals surface area (Å²) < 4.78 is 28.9. The largest absolute Gasteiger partial charge is 0.324 e. The zero-order chi connectivity index (χ0) is 27.2. The molecule has 1 aliphatic rings. The fraction of sp³-hybridized carbons (Fsp3) is 0.321. The number of hydrogen-bond donors (Lipinski definition) is 3. The Morgan fingerprint density at radius 2 is 1.72 bits per heavy atom. The highest BCUT2D eigenvalue weighted by Crippen LogP contribution is 2.25. The van der Waals surface area contributed by atoms with E-state index in [2.05, 4.69) is 30.8 Å². The first-order valence-corrected chi connectivity index (χ1v) is 14.5. The van der Waals surface area contributed by atoms with Gasteiger partial charge in [-0.3, -0.25) is 5.10 Å². The third-order valence-corrected chi connectivity index (χ3v) is 8.81. The summed E-state index contributed by atoms with van der Waals surface area (Å²) in [6.45, 7) is 2.80. The van der Waals surface area contributed by atoms with Crippen molar-refractivity contribution in [2.24, 2.45) is 0 Å². The van der Waals surface area contributed by atoms with E-state index in [1.807, 2.05) is 55.5 Å². The number of aromatic amines is 1. The van der Waals surface area contributed by atoms with Crippen molar-refractivity contribution in [3.63, 3.8) is 0 Å². The van der Waals surface area contributed by atoms with Gasteiger partial charge in [0.15, 0.2) is 0 Å². The van der Waals surface area contributed by atoms with E-state index in [-0.39, 0.29) is 6.04 Å². The number of likely N-dealkylation sites (N-methyl/N-ethyl adjacent to an activating group) is 1. The summed E-state index contributed by atoms with van der Waals surface area (Å²) in [6, 6.07) is 12.8. The number of hydrogen-bond acceptors (Lipinski definition) is 8. The Morgan fingerprint density at radius 1 is 0.974 bits per heavy atom. The predicted octanol–water partition coefficient (Wildman–Crippen LogP) is 3.57. The number of piperidine rings is 1. The average molecular weight is 547 g/mol. The van der Waals surface area contributed by atoms with Gasteiger partial charge >= 0.3 is 0 Å². The van der Waals surface area contributed by atoms with Crippen LogP contribution < -0.4 is 10.6 Å². The number of H-pyrrole nitrogens is 1. The molecule has 0 saturated carbocycles. The fourth-order valence-corrected chi connectivity index (χ4v) is 6.35. The highest BCUT2D eigenvalue weighted by atomic mass is 32.2. The van der Waals surface area contributed by atoms with Gasteiger partial charge in [-0.2, -0.15) is 9.40 Å². The summed E-state index contributed by atoms with van der Waals surface area (Å²) >= 11 is 0. The fourth-order valence-electron chi connectivity index (χ4n) is 4.68. The molecule has 0 radical (unpaired) electrons. The molecule has 1 aliphatic heterocycles. The number of fused-ring (bicyclic) bond motifs is 1. The standard InChI is InChI=1S/C28H34N8O2S/c1-35(2)16-17-36(24-12-14-29-15-13-24)39(37,38)25-10-8-23(9-11-25)33-28-30-18-21(19-31-28)6-7-22-4-3-5-27-26(22)20-32-34-27/h3-11,18-20,24,29H,12-17H2,1-2H3,(H,32,34)(H,30,31,33)/b7-6+. The topological polar surface area (TPSA) is 119 Å². The highest BCUT2D eigenvalue weighted by Gasteiger charge is 2.32. The highest BCUT2D eigenvalue weighted by molar-refractivity contribution is 7.89. The molecule has 204 valence electrons. The van der Waals surface area contributed by atoms with Crippen LogP contribution in [0.4, 0.5) is 11.6 Å². The van der Waals surface area contributed by atoms with Crippen molar-refractivity contribution in [3.05, 3.63) is 72.2 Å². The molecule has 3 heterocycles. The summed E-state index contributed by atoms with van der Waals surface area (Å²) in [6.07, 6.45) is 10.9. The molecule has 39 heavy (non-hydrogen) atoms. The third kappa shape index (κ3) is 6.51. The van der Waals surface area contributed by atoms with Crippen molar-refractivity contribution in [3.8, 4) is 0 Å². The van der Waals surface area contributed by atoms with Gasteiger partial charge in [-0.1, -0.05) is 24.3 Å². The molecule has 5 rings (SSSR count). The van der Waals surface area contributed by atoms with E-state index in [0.29, 0.717) is 29.6 Å². The molecule has 2 aromatic heterocycles. The van der Waals surface area contributed by atoms with E-state index in [0.717, 1.165) is 48.0 Å². The predicted molar refractivity (Wildman–Crippen MR) is 155 cm³/mol. The maximum absolute atomic E-state index is 13.6. The monoisotopic (exact) mass is 546 g/mol. The Bertz CT molecular complexity index is 1510. The first-order chi connectivity index (χ1) is 18.9. The third-order valence-electron chi connectivity index (χ3n) is 6.85. The molecular weight excluding hydrogens is 512 g/mol. The maximum Gasteiger partial charge on any atom is 0.243 e. The van der Waals surface area contributed by atoms with Crippen molar-refractivity contribution < 1.29 is 8.42 Å². The average Bonchev–Trinajstić information content (AvgIpc) is 3.43. The number of sulfonamides is 1. The molecule has 0 atom stereocenters. The Morgan fingerprint density at radius 3 is 2.44 bits per heavy atom. The van der Waals surface area contributed by atoms with Gasteiger partial charge in [0, 0.05) is 48.2 Å². The SMILES string of the molecule is CN(C)CCN(C1CCNCC1)S(=O)(=O)c1ccc(Nc2ncc(/C=C/c3cccc4[nH]ncc34)cn2)cc1. The zero-order valence-corrected chi connectivity index (χ0v) is 23.0. The first-order valence-electron chi connectivity index (χ1n) is 13.1. The summed E-state index contributed by atoms with van der Waals surface area (Å²) in [5, 5.41) is 14.6. The van der Waals surface area contributed by atoms with Crippen molar-refractivity contribution in [2.75, 3.05) is 45.6 Å². The minimum absolute atomic E-state index is 0.00238. The van der Waals surface area contributed by atoms with Gasteiger partial charge in [-0.15, -0.1) is 0 Å². The number of rotatable bonds is 10. The molecule has 4 aromatic rings. The minimum Gasteiger partial charge on any atom is -0.324 e. The van der Waals surface area contributed by atoms with Crippen LogP contribution in [0.5, 0.6) is 0 Å². The normalized spacial score (nSPS) is 15.1. The van der Waals surface area contributed by atoms with Crippen LogP contribution >= 0.6 is 0 Å². The van der Waals surface area contributed by atoms with Gasteiger partial charge in [0.1, 0.15) is 0 Å². The number of anilines is 2. The van der Waals surface area contributed by atoms with Crippen LogP contribution in [0.2, 0.25) is 0 Å². The Balaban J connectivity index is 1.25. The van der Waals surface area contributed by atoms with Crippen LogP contribution in [-0.2, 0) is 10.0 Å². The molecule has 0 bridgehead atoms. The smallest absolute Gasteiger partial charge is 0.243 e. The van der Waals surface area contributed by atoms with Gasteiger partial charge in [0.25, 0.3) is 0 Å². The van der Waals surface area contributed by atoms with Crippen LogP contribution in [0.15, 0.2) is 66.0 Å². The lowest BCUT2D eigenvalue weighted by molar-refractivity contribution is 0.240. The molecule has 11 heteroatoms. The van der Waals surface area contributed by atoms with E-state index < -0.39 is 10.0 Å². The van der Waals surface area contributed by atoms with Crippen LogP contribution in [0.1, 0.15) is 24.0 Å². The van der Waals surface area contributed by atoms with Crippen molar-refractivity contribution in [2.45, 2.75) is 23.8 Å². The number of aromatic nitrogens is 4. The summed E-state index contributed by atoms with van der Waals surface area (Å²) in [5.74, 6) is 0.432. The quantitative estimate of drug-likeness (QED) is 0.276. The molecular formula is C28H34N8O2S. The van der Waals surface area contributed by atoms with Crippen molar-refractivity contribution in [1.29, 1.82) is 0 Å². The van der Waals surface area contributed by atoms with E-state index >= 15 is 0 Å². The van der Waals surface area contributed by atoms with Crippen LogP contribution in [0.3, 0.4) is 0 Å². The lowest BCUT2D eigenvalue weighted by atomic mass is 10.1. The summed E-state index contributed by atoms with van der Waals surface area (Å²) in [4.78, 5) is 11.1. The Hall–Kier alpha value is -3.64. The lowest BCUT2D eigenvalue weighted by Crippen LogP contribution is -2.48. The molecule has 10 nitrogen and oxygen atoms in total. The Labute approximate surface area is 229 Å². The minimum atomic E-state index is -3.62. The van der Waals surface area contributed by atoms with Gasteiger partial charge in [0.2, 0.25) is 16.0 Å². The summed E-state index contributed by atoms with van der Waals surface area (Å²) in [7, 11) is 0.293. The van der Waals surface area contributed by atoms with E-state index in [1.165, 1.54) is 0 Å². The number of benzene rings is 2. The van der Waals surface area contributed by atoms with Crippen LogP contribution in [-0.4, -0.2) is 84.1 Å². The molecule has 0 unspecified atom stereocenters. The molecule has 0 spiro atoms. The van der Waals surface area contributed by atoms with Gasteiger partial charge in [-0.05, 0) is 75.9 Å². The lowest BCUT2D eigenvalue weighted by Gasteiger charge is -2.34. The zero-order valence-electron chi connectivity index (χ0n) is 22.2. The molecule has 1 fully saturated rings. The summed E-state index contributed by atoms with van der Waals surface area (Å²) in [5.41, 5.74) is 3.61. The van der Waals surface area contributed by atoms with Crippen LogP contribution in [0, 0.1) is 0 Å². The van der Waals surface area contributed by atoms with Crippen molar-refractivity contribution in [1.82, 2.24) is 34.7 Å². The van der Waals surface area contributed by atoms with Gasteiger partial charge < -0.3 is 15.5 Å². The second kappa shape index (κ2) is 12.0. The number of nitrogens with one attached hydrogen (secondary N) is 3. The van der Waals surface area contributed by atoms with Gasteiger partial charge in [-0.25, -0.2) is 18.4 Å². The molecule has 1 saturated heterocycles. The molecule has 2 aromatic carbocycles. The second-order valence-corrected chi connectivity index (χ2v) is 11.8. The van der Waals surface area contributed by atoms with E-state index in [9.17, 15) is 8.42 Å². The Kier molecular flexibility index (Phi) is 8.32. The van der Waals surface area contributed by atoms with E-state index in [1.54, 1.807) is 41.0 Å². The second-order valence-electron chi connectivity index (χ2n) is 9.90.